The van der Waals surface area contributed by atoms with E-state index in [2.05, 4.69) is 15.3 Å². The highest BCUT2D eigenvalue weighted by atomic mass is 16.5. The second-order valence-electron chi connectivity index (χ2n) is 4.65. The normalized spacial score (nSPS) is 11.6. The first-order valence-corrected chi connectivity index (χ1v) is 6.99. The molecule has 0 radical (unpaired) electrons. The quantitative estimate of drug-likeness (QED) is 0.835. The molecule has 0 fully saturated rings. The van der Waals surface area contributed by atoms with Gasteiger partial charge in [0.25, 0.3) is 5.91 Å². The fourth-order valence-corrected chi connectivity index (χ4v) is 2.05. The van der Waals surface area contributed by atoms with E-state index in [0.29, 0.717) is 23.7 Å². The van der Waals surface area contributed by atoms with Crippen LogP contribution in [0.5, 0.6) is 11.8 Å². The second kappa shape index (κ2) is 8.09. The molecule has 122 valence electrons. The van der Waals surface area contributed by atoms with E-state index < -0.39 is 0 Å². The molecule has 0 saturated carbocycles. The van der Waals surface area contributed by atoms with Gasteiger partial charge in [-0.3, -0.25) is 9.78 Å². The molecule has 2 aromatic rings. The van der Waals surface area contributed by atoms with Crippen LogP contribution in [0, 0.1) is 0 Å². The average molecular weight is 317 g/mol. The number of amides is 1. The van der Waals surface area contributed by atoms with Crippen molar-refractivity contribution in [1.82, 2.24) is 15.3 Å². The minimum Gasteiger partial charge on any atom is -0.481 e. The summed E-state index contributed by atoms with van der Waals surface area (Å²) in [4.78, 5) is 20.9. The van der Waals surface area contributed by atoms with E-state index in [1.807, 2.05) is 18.2 Å². The number of pyridine rings is 2. The lowest BCUT2D eigenvalue weighted by Crippen LogP contribution is -2.32. The Labute approximate surface area is 134 Å². The topological polar surface area (TPSA) is 82.6 Å². The maximum Gasteiger partial charge on any atom is 0.257 e. The maximum atomic E-state index is 12.5. The van der Waals surface area contributed by atoms with Crippen molar-refractivity contribution in [1.29, 1.82) is 0 Å². The molecule has 23 heavy (non-hydrogen) atoms. The van der Waals surface area contributed by atoms with E-state index in [-0.39, 0.29) is 17.8 Å². The van der Waals surface area contributed by atoms with Gasteiger partial charge >= 0.3 is 0 Å². The highest BCUT2D eigenvalue weighted by molar-refractivity contribution is 5.96. The van der Waals surface area contributed by atoms with Crippen molar-refractivity contribution >= 4 is 5.91 Å². The van der Waals surface area contributed by atoms with E-state index in [9.17, 15) is 4.79 Å². The molecule has 7 heteroatoms. The van der Waals surface area contributed by atoms with E-state index >= 15 is 0 Å². The molecule has 7 nitrogen and oxygen atoms in total. The summed E-state index contributed by atoms with van der Waals surface area (Å²) in [5, 5.41) is 2.88. The average Bonchev–Trinajstić information content (AvgIpc) is 2.61. The van der Waals surface area contributed by atoms with Crippen LogP contribution in [-0.2, 0) is 4.74 Å². The van der Waals surface area contributed by atoms with E-state index in [4.69, 9.17) is 14.2 Å². The predicted molar refractivity (Wildman–Crippen MR) is 83.7 cm³/mol. The van der Waals surface area contributed by atoms with Crippen LogP contribution in [0.4, 0.5) is 0 Å². The number of nitrogens with one attached hydrogen (secondary N) is 1. The zero-order chi connectivity index (χ0) is 16.7. The standard InChI is InChI=1S/C16H19N3O4/c1-21-10-13(12-6-4-5-9-17-12)18-15(20)11-7-8-14(22-2)19-16(11)23-3/h4-9,13H,10H2,1-3H3,(H,18,20). The summed E-state index contributed by atoms with van der Waals surface area (Å²) in [6.45, 7) is 0.300. The molecule has 1 amide bonds. The molecule has 0 aromatic carbocycles. The number of carbonyl (C=O) groups excluding carboxylic acids is 1. The minimum atomic E-state index is -0.375. The Hall–Kier alpha value is -2.67. The molecule has 1 unspecified atom stereocenters. The molecular weight excluding hydrogens is 298 g/mol. The SMILES string of the molecule is COCC(NC(=O)c1ccc(OC)nc1OC)c1ccccn1. The van der Waals surface area contributed by atoms with Gasteiger partial charge in [-0.25, -0.2) is 0 Å². The highest BCUT2D eigenvalue weighted by Crippen LogP contribution is 2.21. The lowest BCUT2D eigenvalue weighted by molar-refractivity contribution is 0.0890. The van der Waals surface area contributed by atoms with Crippen molar-refractivity contribution in [2.24, 2.45) is 0 Å². The Morgan fingerprint density at radius 1 is 1.17 bits per heavy atom. The molecule has 1 atom stereocenters. The van der Waals surface area contributed by atoms with Gasteiger partial charge < -0.3 is 19.5 Å². The fourth-order valence-electron chi connectivity index (χ4n) is 2.05. The molecule has 0 aliphatic heterocycles. The third-order valence-corrected chi connectivity index (χ3v) is 3.17. The number of nitrogens with zero attached hydrogens (tertiary/aromatic N) is 2. The first-order valence-electron chi connectivity index (χ1n) is 6.99. The van der Waals surface area contributed by atoms with Gasteiger partial charge in [0.1, 0.15) is 5.56 Å². The summed E-state index contributed by atoms with van der Waals surface area (Å²) in [6, 6.07) is 8.32. The summed E-state index contributed by atoms with van der Waals surface area (Å²) in [5.41, 5.74) is 1.02. The Morgan fingerprint density at radius 2 is 2.00 bits per heavy atom. The number of hydrogen-bond acceptors (Lipinski definition) is 6. The zero-order valence-corrected chi connectivity index (χ0v) is 13.3. The summed E-state index contributed by atoms with van der Waals surface area (Å²) >= 11 is 0. The summed E-state index contributed by atoms with van der Waals surface area (Å²) in [6.07, 6.45) is 1.67. The van der Waals surface area contributed by atoms with Gasteiger partial charge in [0.15, 0.2) is 0 Å². The summed E-state index contributed by atoms with van der Waals surface area (Å²) in [7, 11) is 4.51. The summed E-state index contributed by atoms with van der Waals surface area (Å²) < 4.78 is 15.4. The molecule has 1 N–H and O–H groups in total. The van der Waals surface area contributed by atoms with E-state index in [0.717, 1.165) is 0 Å². The largest absolute Gasteiger partial charge is 0.481 e. The van der Waals surface area contributed by atoms with Gasteiger partial charge in [-0.1, -0.05) is 6.07 Å². The molecule has 0 aliphatic carbocycles. The third kappa shape index (κ3) is 4.17. The monoisotopic (exact) mass is 317 g/mol. The van der Waals surface area contributed by atoms with Crippen LogP contribution in [0.25, 0.3) is 0 Å². The van der Waals surface area contributed by atoms with Gasteiger partial charge in [0.2, 0.25) is 11.8 Å². The van der Waals surface area contributed by atoms with Crippen LogP contribution in [0.3, 0.4) is 0 Å². The van der Waals surface area contributed by atoms with E-state index in [1.165, 1.54) is 14.2 Å². The van der Waals surface area contributed by atoms with Crippen molar-refractivity contribution < 1.29 is 19.0 Å². The Balaban J connectivity index is 2.22. The van der Waals surface area contributed by atoms with Crippen LogP contribution in [-0.4, -0.2) is 43.8 Å². The molecular formula is C16H19N3O4. The first kappa shape index (κ1) is 16.7. The number of ether oxygens (including phenoxy) is 3. The van der Waals surface area contributed by atoms with Crippen LogP contribution in [0.1, 0.15) is 22.1 Å². The molecule has 0 saturated heterocycles. The molecule has 0 spiro atoms. The molecule has 0 aliphatic rings. The Morgan fingerprint density at radius 3 is 2.61 bits per heavy atom. The van der Waals surface area contributed by atoms with Crippen molar-refractivity contribution in [3.8, 4) is 11.8 Å². The van der Waals surface area contributed by atoms with Crippen molar-refractivity contribution in [3.05, 3.63) is 47.8 Å². The minimum absolute atomic E-state index is 0.194. The van der Waals surface area contributed by atoms with Crippen LogP contribution in [0.15, 0.2) is 36.5 Å². The molecule has 2 heterocycles. The lowest BCUT2D eigenvalue weighted by Gasteiger charge is -2.18. The van der Waals surface area contributed by atoms with Crippen LogP contribution >= 0.6 is 0 Å². The molecule has 0 bridgehead atoms. The lowest BCUT2D eigenvalue weighted by atomic mass is 10.1. The van der Waals surface area contributed by atoms with Crippen molar-refractivity contribution in [3.63, 3.8) is 0 Å². The van der Waals surface area contributed by atoms with Gasteiger partial charge in [0, 0.05) is 19.4 Å². The van der Waals surface area contributed by atoms with Crippen LogP contribution < -0.4 is 14.8 Å². The number of hydrogen-bond donors (Lipinski definition) is 1. The highest BCUT2D eigenvalue weighted by Gasteiger charge is 2.20. The predicted octanol–water partition coefficient (Wildman–Crippen LogP) is 1.61. The van der Waals surface area contributed by atoms with Gasteiger partial charge in [0.05, 0.1) is 32.6 Å². The van der Waals surface area contributed by atoms with E-state index in [1.54, 1.807) is 25.4 Å². The Kier molecular flexibility index (Phi) is 5.87. The number of rotatable bonds is 7. The van der Waals surface area contributed by atoms with Crippen molar-refractivity contribution in [2.75, 3.05) is 27.9 Å². The van der Waals surface area contributed by atoms with Gasteiger partial charge in [-0.15, -0.1) is 0 Å². The third-order valence-electron chi connectivity index (χ3n) is 3.17. The number of carbonyl (C=O) groups is 1. The van der Waals surface area contributed by atoms with Gasteiger partial charge in [-0.2, -0.15) is 4.98 Å². The van der Waals surface area contributed by atoms with Gasteiger partial charge in [-0.05, 0) is 18.2 Å². The number of methoxy groups -OCH3 is 3. The van der Waals surface area contributed by atoms with Crippen LogP contribution in [0.2, 0.25) is 0 Å². The summed E-state index contributed by atoms with van der Waals surface area (Å²) in [5.74, 6) is 0.236. The molecule has 2 aromatic heterocycles. The molecule has 2 rings (SSSR count). The first-order chi connectivity index (χ1) is 11.2. The number of aromatic nitrogens is 2. The van der Waals surface area contributed by atoms with Crippen molar-refractivity contribution in [2.45, 2.75) is 6.04 Å². The fraction of sp³-hybridized carbons (Fsp3) is 0.312. The maximum absolute atomic E-state index is 12.5. The Bertz CT molecular complexity index is 649. The zero-order valence-electron chi connectivity index (χ0n) is 13.3. The second-order valence-corrected chi connectivity index (χ2v) is 4.65. The smallest absolute Gasteiger partial charge is 0.257 e.